The van der Waals surface area contributed by atoms with Crippen molar-refractivity contribution < 1.29 is 19.7 Å². The fourth-order valence-corrected chi connectivity index (χ4v) is 2.72. The van der Waals surface area contributed by atoms with Crippen molar-refractivity contribution in [3.8, 4) is 11.5 Å². The summed E-state index contributed by atoms with van der Waals surface area (Å²) >= 11 is 0. The third-order valence-corrected chi connectivity index (χ3v) is 3.87. The molecule has 1 aliphatic heterocycles. The number of carboxylic acid groups (broad SMARTS) is 1. The molecule has 0 amide bonds. The summed E-state index contributed by atoms with van der Waals surface area (Å²) in [5.74, 6) is 0.232. The second kappa shape index (κ2) is 5.56. The number of hydrogen-bond acceptors (Lipinski definition) is 3. The number of phenols is 1. The van der Waals surface area contributed by atoms with Crippen LogP contribution >= 0.6 is 0 Å². The van der Waals surface area contributed by atoms with Crippen LogP contribution in [-0.4, -0.2) is 16.2 Å². The first-order valence-corrected chi connectivity index (χ1v) is 7.05. The van der Waals surface area contributed by atoms with Gasteiger partial charge in [-0.3, -0.25) is 0 Å². The van der Waals surface area contributed by atoms with E-state index in [1.807, 2.05) is 30.3 Å². The van der Waals surface area contributed by atoms with Crippen molar-refractivity contribution in [2.45, 2.75) is 18.9 Å². The second-order valence-electron chi connectivity index (χ2n) is 5.39. The third kappa shape index (κ3) is 2.68. The molecular formula is C18H16O4. The van der Waals surface area contributed by atoms with Gasteiger partial charge >= 0.3 is 5.97 Å². The molecule has 2 atom stereocenters. The molecule has 2 N–H and O–H groups in total. The largest absolute Gasteiger partial charge is 0.508 e. The van der Waals surface area contributed by atoms with Gasteiger partial charge in [0.05, 0.1) is 0 Å². The number of carboxylic acids is 1. The van der Waals surface area contributed by atoms with Crippen LogP contribution in [0.2, 0.25) is 0 Å². The molecule has 0 unspecified atom stereocenters. The minimum absolute atomic E-state index is 0.102. The Morgan fingerprint density at radius 2 is 1.91 bits per heavy atom. The van der Waals surface area contributed by atoms with Crippen LogP contribution in [0.4, 0.5) is 0 Å². The number of hydrogen-bond donors (Lipinski definition) is 2. The highest BCUT2D eigenvalue weighted by atomic mass is 16.5. The standard InChI is InChI=1S/C18H16O4/c1-11-15-10-12(3-9-17(20)21)2-8-16(15)22-18(11)13-4-6-14(19)7-5-13/h2-11,18-19H,1H3,(H,20,21)/b9-3+/t11-,18-/m0/s1. The number of ether oxygens (including phenoxy) is 1. The van der Waals surface area contributed by atoms with Gasteiger partial charge < -0.3 is 14.9 Å². The Kier molecular flexibility index (Phi) is 3.59. The van der Waals surface area contributed by atoms with Crippen LogP contribution in [0.3, 0.4) is 0 Å². The fourth-order valence-electron chi connectivity index (χ4n) is 2.72. The van der Waals surface area contributed by atoms with Gasteiger partial charge in [-0.15, -0.1) is 0 Å². The summed E-state index contributed by atoms with van der Waals surface area (Å²) in [5.41, 5.74) is 2.90. The van der Waals surface area contributed by atoms with Crippen molar-refractivity contribution in [3.63, 3.8) is 0 Å². The van der Waals surface area contributed by atoms with Gasteiger partial charge in [-0.05, 0) is 41.5 Å². The summed E-state index contributed by atoms with van der Waals surface area (Å²) < 4.78 is 6.00. The molecule has 0 bridgehead atoms. The number of rotatable bonds is 3. The molecule has 2 aromatic carbocycles. The van der Waals surface area contributed by atoms with E-state index in [0.29, 0.717) is 0 Å². The van der Waals surface area contributed by atoms with Crippen LogP contribution in [-0.2, 0) is 4.79 Å². The van der Waals surface area contributed by atoms with E-state index in [-0.39, 0.29) is 17.8 Å². The van der Waals surface area contributed by atoms with Gasteiger partial charge in [-0.1, -0.05) is 25.1 Å². The van der Waals surface area contributed by atoms with E-state index in [2.05, 4.69) is 6.92 Å². The molecule has 0 spiro atoms. The van der Waals surface area contributed by atoms with Crippen LogP contribution in [0.1, 0.15) is 35.6 Å². The topological polar surface area (TPSA) is 66.8 Å². The number of benzene rings is 2. The summed E-state index contributed by atoms with van der Waals surface area (Å²) in [6, 6.07) is 12.7. The SMILES string of the molecule is C[C@H]1c2cc(/C=C/C(=O)O)ccc2O[C@@H]1c1ccc(O)cc1. The van der Waals surface area contributed by atoms with Gasteiger partial charge in [0.2, 0.25) is 0 Å². The first kappa shape index (κ1) is 14.2. The lowest BCUT2D eigenvalue weighted by Crippen LogP contribution is -2.06. The lowest BCUT2D eigenvalue weighted by Gasteiger charge is -2.15. The number of carbonyl (C=O) groups is 1. The summed E-state index contributed by atoms with van der Waals surface area (Å²) in [4.78, 5) is 10.6. The Morgan fingerprint density at radius 3 is 2.59 bits per heavy atom. The summed E-state index contributed by atoms with van der Waals surface area (Å²) in [6.07, 6.45) is 2.59. The van der Waals surface area contributed by atoms with Crippen LogP contribution < -0.4 is 4.74 Å². The van der Waals surface area contributed by atoms with Crippen LogP contribution in [0, 0.1) is 0 Å². The quantitative estimate of drug-likeness (QED) is 0.847. The van der Waals surface area contributed by atoms with Crippen LogP contribution in [0.15, 0.2) is 48.5 Å². The zero-order valence-electron chi connectivity index (χ0n) is 12.1. The maximum Gasteiger partial charge on any atom is 0.328 e. The number of fused-ring (bicyclic) bond motifs is 1. The van der Waals surface area contributed by atoms with Crippen molar-refractivity contribution in [3.05, 3.63) is 65.2 Å². The molecule has 0 saturated carbocycles. The maximum absolute atomic E-state index is 10.6. The monoisotopic (exact) mass is 296 g/mol. The van der Waals surface area contributed by atoms with Crippen molar-refractivity contribution in [1.82, 2.24) is 0 Å². The van der Waals surface area contributed by atoms with E-state index >= 15 is 0 Å². The predicted molar refractivity (Wildman–Crippen MR) is 83.0 cm³/mol. The molecule has 4 nitrogen and oxygen atoms in total. The van der Waals surface area contributed by atoms with Gasteiger partial charge in [0, 0.05) is 17.6 Å². The van der Waals surface area contributed by atoms with Gasteiger partial charge in [-0.2, -0.15) is 0 Å². The molecular weight excluding hydrogens is 280 g/mol. The molecule has 1 aliphatic rings. The van der Waals surface area contributed by atoms with Crippen LogP contribution in [0.5, 0.6) is 11.5 Å². The minimum Gasteiger partial charge on any atom is -0.508 e. The minimum atomic E-state index is -0.966. The van der Waals surface area contributed by atoms with Gasteiger partial charge in [0.1, 0.15) is 17.6 Å². The summed E-state index contributed by atoms with van der Waals surface area (Å²) in [6.45, 7) is 2.08. The van der Waals surface area contributed by atoms with Gasteiger partial charge in [-0.25, -0.2) is 4.79 Å². The Labute approximate surface area is 128 Å². The molecule has 0 aliphatic carbocycles. The van der Waals surface area contributed by atoms with Crippen molar-refractivity contribution in [2.24, 2.45) is 0 Å². The van der Waals surface area contributed by atoms with Crippen molar-refractivity contribution >= 4 is 12.0 Å². The second-order valence-corrected chi connectivity index (χ2v) is 5.39. The Morgan fingerprint density at radius 1 is 1.18 bits per heavy atom. The molecule has 4 heteroatoms. The average molecular weight is 296 g/mol. The van der Waals surface area contributed by atoms with E-state index in [9.17, 15) is 9.90 Å². The van der Waals surface area contributed by atoms with E-state index in [0.717, 1.165) is 28.5 Å². The van der Waals surface area contributed by atoms with E-state index in [4.69, 9.17) is 9.84 Å². The van der Waals surface area contributed by atoms with E-state index < -0.39 is 5.97 Å². The average Bonchev–Trinajstić information content (AvgIpc) is 2.83. The van der Waals surface area contributed by atoms with Crippen molar-refractivity contribution in [1.29, 1.82) is 0 Å². The molecule has 2 aromatic rings. The Bertz CT molecular complexity index is 731. The zero-order valence-corrected chi connectivity index (χ0v) is 12.1. The highest BCUT2D eigenvalue weighted by molar-refractivity contribution is 5.85. The first-order valence-electron chi connectivity index (χ1n) is 7.05. The Hall–Kier alpha value is -2.75. The van der Waals surface area contributed by atoms with E-state index in [1.165, 1.54) is 0 Å². The number of aliphatic carboxylic acids is 1. The van der Waals surface area contributed by atoms with Gasteiger partial charge in [0.15, 0.2) is 0 Å². The lowest BCUT2D eigenvalue weighted by molar-refractivity contribution is -0.131. The molecule has 0 aromatic heterocycles. The number of aromatic hydroxyl groups is 1. The molecule has 112 valence electrons. The fraction of sp³-hybridized carbons (Fsp3) is 0.167. The Balaban J connectivity index is 1.89. The summed E-state index contributed by atoms with van der Waals surface area (Å²) in [5, 5.41) is 18.1. The zero-order chi connectivity index (χ0) is 15.7. The first-order chi connectivity index (χ1) is 10.5. The third-order valence-electron chi connectivity index (χ3n) is 3.87. The van der Waals surface area contributed by atoms with Crippen LogP contribution in [0.25, 0.3) is 6.08 Å². The lowest BCUT2D eigenvalue weighted by atomic mass is 9.92. The highest BCUT2D eigenvalue weighted by Gasteiger charge is 2.32. The normalized spacial score (nSPS) is 19.9. The smallest absolute Gasteiger partial charge is 0.328 e. The van der Waals surface area contributed by atoms with Crippen molar-refractivity contribution in [2.75, 3.05) is 0 Å². The molecule has 22 heavy (non-hydrogen) atoms. The van der Waals surface area contributed by atoms with Gasteiger partial charge in [0.25, 0.3) is 0 Å². The molecule has 0 radical (unpaired) electrons. The maximum atomic E-state index is 10.6. The summed E-state index contributed by atoms with van der Waals surface area (Å²) in [7, 11) is 0. The number of phenolic OH excluding ortho intramolecular Hbond substituents is 1. The molecule has 1 heterocycles. The van der Waals surface area contributed by atoms with E-state index in [1.54, 1.807) is 18.2 Å². The predicted octanol–water partition coefficient (Wildman–Crippen LogP) is 3.73. The molecule has 3 rings (SSSR count). The molecule has 0 saturated heterocycles. The highest BCUT2D eigenvalue weighted by Crippen LogP contribution is 2.46. The molecule has 0 fully saturated rings.